The summed E-state index contributed by atoms with van der Waals surface area (Å²) in [6.45, 7) is 10.0. The molecular formula is C29H36F3N9O2. The molecule has 0 saturated carbocycles. The zero-order valence-electron chi connectivity index (χ0n) is 25.1. The summed E-state index contributed by atoms with van der Waals surface area (Å²) in [5, 5.41) is 10.8. The number of fused-ring (bicyclic) bond motifs is 1. The van der Waals surface area contributed by atoms with Crippen molar-refractivity contribution >= 4 is 34.7 Å². The average Bonchev–Trinajstić information content (AvgIpc) is 3.58. The summed E-state index contributed by atoms with van der Waals surface area (Å²) in [6.07, 6.45) is -0.361. The zero-order valence-corrected chi connectivity index (χ0v) is 25.1. The normalized spacial score (nSPS) is 16.2. The Balaban J connectivity index is 1.37. The number of carbonyl (C=O) groups excluding carboxylic acids is 1. The van der Waals surface area contributed by atoms with Gasteiger partial charge < -0.3 is 19.9 Å². The van der Waals surface area contributed by atoms with Crippen molar-refractivity contribution in [2.24, 2.45) is 13.0 Å². The third-order valence-corrected chi connectivity index (χ3v) is 7.36. The zero-order chi connectivity index (χ0) is 31.1. The van der Waals surface area contributed by atoms with E-state index < -0.39 is 12.7 Å². The van der Waals surface area contributed by atoms with Crippen LogP contribution in [0.25, 0.3) is 11.2 Å². The molecule has 1 saturated heterocycles. The lowest BCUT2D eigenvalue weighted by atomic mass is 9.92. The van der Waals surface area contributed by atoms with Gasteiger partial charge in [-0.25, -0.2) is 9.97 Å². The number of aromatic nitrogens is 6. The highest BCUT2D eigenvalue weighted by Crippen LogP contribution is 2.33. The van der Waals surface area contributed by atoms with Crippen LogP contribution >= 0.6 is 0 Å². The molecule has 1 atom stereocenters. The van der Waals surface area contributed by atoms with Crippen LogP contribution in [-0.2, 0) is 23.8 Å². The SMILES string of the molecule is CC(=O)Nc1cc(Oc2cnc3nc(Nc4cc(C(C)(C)C)n(C[C@H]5CCN(CC(F)(F)F)C5)n4)n(C)c3c2C)ccn1. The van der Waals surface area contributed by atoms with E-state index in [0.29, 0.717) is 60.8 Å². The van der Waals surface area contributed by atoms with Crippen LogP contribution in [0.3, 0.4) is 0 Å². The van der Waals surface area contributed by atoms with Crippen LogP contribution in [0, 0.1) is 12.8 Å². The number of nitrogens with one attached hydrogen (secondary N) is 2. The second-order valence-corrected chi connectivity index (χ2v) is 12.1. The molecule has 11 nitrogen and oxygen atoms in total. The minimum absolute atomic E-state index is 0.0759. The summed E-state index contributed by atoms with van der Waals surface area (Å²) < 4.78 is 48.6. The number of pyridine rings is 2. The van der Waals surface area contributed by atoms with Crippen molar-refractivity contribution < 1.29 is 22.7 Å². The maximum absolute atomic E-state index is 12.9. The molecule has 4 aromatic rings. The second-order valence-electron chi connectivity index (χ2n) is 12.1. The number of alkyl halides is 3. The molecule has 2 N–H and O–H groups in total. The fourth-order valence-electron chi connectivity index (χ4n) is 5.43. The van der Waals surface area contributed by atoms with Crippen molar-refractivity contribution in [1.82, 2.24) is 34.2 Å². The van der Waals surface area contributed by atoms with Gasteiger partial charge in [-0.05, 0) is 31.9 Å². The van der Waals surface area contributed by atoms with E-state index in [2.05, 4.69) is 46.4 Å². The lowest BCUT2D eigenvalue weighted by Crippen LogP contribution is -2.33. The summed E-state index contributed by atoms with van der Waals surface area (Å²) in [5.41, 5.74) is 2.85. The number of rotatable bonds is 8. The maximum atomic E-state index is 12.9. The first-order valence-corrected chi connectivity index (χ1v) is 14.0. The number of carbonyl (C=O) groups is 1. The predicted octanol–water partition coefficient (Wildman–Crippen LogP) is 5.54. The topological polar surface area (TPSA) is 115 Å². The van der Waals surface area contributed by atoms with Crippen LogP contribution in [0.2, 0.25) is 0 Å². The Hall–Kier alpha value is -4.20. The molecule has 1 fully saturated rings. The number of nitrogens with zero attached hydrogens (tertiary/aromatic N) is 7. The number of hydrogen-bond donors (Lipinski definition) is 2. The van der Waals surface area contributed by atoms with E-state index in [1.165, 1.54) is 11.8 Å². The highest BCUT2D eigenvalue weighted by Gasteiger charge is 2.35. The highest BCUT2D eigenvalue weighted by atomic mass is 19.4. The van der Waals surface area contributed by atoms with Crippen LogP contribution in [0.1, 0.15) is 45.4 Å². The number of likely N-dealkylation sites (tertiary alicyclic amines) is 1. The van der Waals surface area contributed by atoms with E-state index in [4.69, 9.17) is 9.84 Å². The average molecular weight is 600 g/mol. The second kappa shape index (κ2) is 11.5. The van der Waals surface area contributed by atoms with Crippen LogP contribution in [0.15, 0.2) is 30.6 Å². The van der Waals surface area contributed by atoms with Gasteiger partial charge in [0, 0.05) is 62.1 Å². The molecule has 1 amide bonds. The Kier molecular flexibility index (Phi) is 8.07. The quantitative estimate of drug-likeness (QED) is 0.271. The minimum atomic E-state index is -4.20. The molecule has 14 heteroatoms. The summed E-state index contributed by atoms with van der Waals surface area (Å²) in [4.78, 5) is 26.2. The molecule has 4 aromatic heterocycles. The summed E-state index contributed by atoms with van der Waals surface area (Å²) >= 11 is 0. The Labute approximate surface area is 247 Å². The Morgan fingerprint density at radius 3 is 2.63 bits per heavy atom. The van der Waals surface area contributed by atoms with E-state index in [0.717, 1.165) is 16.8 Å². The molecule has 43 heavy (non-hydrogen) atoms. The third-order valence-electron chi connectivity index (χ3n) is 7.36. The lowest BCUT2D eigenvalue weighted by molar-refractivity contribution is -0.143. The van der Waals surface area contributed by atoms with Crippen LogP contribution < -0.4 is 15.4 Å². The number of ether oxygens (including phenoxy) is 1. The van der Waals surface area contributed by atoms with Gasteiger partial charge in [-0.2, -0.15) is 23.3 Å². The fraction of sp³-hybridized carbons (Fsp3) is 0.483. The number of amides is 1. The van der Waals surface area contributed by atoms with Crippen molar-refractivity contribution in [3.63, 3.8) is 0 Å². The first-order valence-electron chi connectivity index (χ1n) is 14.0. The van der Waals surface area contributed by atoms with Crippen LogP contribution in [0.5, 0.6) is 11.5 Å². The van der Waals surface area contributed by atoms with Gasteiger partial charge in [0.25, 0.3) is 0 Å². The van der Waals surface area contributed by atoms with Gasteiger partial charge in [0.1, 0.15) is 11.6 Å². The molecule has 0 aromatic carbocycles. The molecule has 0 spiro atoms. The van der Waals surface area contributed by atoms with Crippen molar-refractivity contribution in [3.8, 4) is 11.5 Å². The Bertz CT molecular complexity index is 1640. The van der Waals surface area contributed by atoms with Crippen LogP contribution in [0.4, 0.5) is 30.8 Å². The maximum Gasteiger partial charge on any atom is 0.401 e. The van der Waals surface area contributed by atoms with E-state index in [-0.39, 0.29) is 17.2 Å². The number of aryl methyl sites for hydroxylation is 2. The smallest absolute Gasteiger partial charge is 0.401 e. The number of halogens is 3. The van der Waals surface area contributed by atoms with E-state index in [9.17, 15) is 18.0 Å². The molecule has 0 unspecified atom stereocenters. The predicted molar refractivity (Wildman–Crippen MR) is 157 cm³/mol. The summed E-state index contributed by atoms with van der Waals surface area (Å²) in [5.74, 6) is 2.36. The Morgan fingerprint density at radius 2 is 1.93 bits per heavy atom. The van der Waals surface area contributed by atoms with Crippen molar-refractivity contribution in [1.29, 1.82) is 0 Å². The number of hydrogen-bond acceptors (Lipinski definition) is 8. The molecular weight excluding hydrogens is 563 g/mol. The van der Waals surface area contributed by atoms with E-state index in [1.54, 1.807) is 24.5 Å². The van der Waals surface area contributed by atoms with E-state index >= 15 is 0 Å². The largest absolute Gasteiger partial charge is 0.455 e. The van der Waals surface area contributed by atoms with Gasteiger partial charge in [0.15, 0.2) is 17.2 Å². The minimum Gasteiger partial charge on any atom is -0.455 e. The van der Waals surface area contributed by atoms with Gasteiger partial charge in [-0.3, -0.25) is 14.4 Å². The summed E-state index contributed by atoms with van der Waals surface area (Å²) in [6, 6.07) is 5.28. The molecule has 0 radical (unpaired) electrons. The van der Waals surface area contributed by atoms with Gasteiger partial charge in [0.2, 0.25) is 11.9 Å². The summed E-state index contributed by atoms with van der Waals surface area (Å²) in [7, 11) is 1.87. The lowest BCUT2D eigenvalue weighted by Gasteiger charge is -2.22. The third kappa shape index (κ3) is 7.07. The van der Waals surface area contributed by atoms with Gasteiger partial charge in [0.05, 0.1) is 18.3 Å². The number of imidazole rings is 1. The first-order chi connectivity index (χ1) is 20.2. The first kappa shape index (κ1) is 30.3. The fourth-order valence-corrected chi connectivity index (χ4v) is 5.43. The van der Waals surface area contributed by atoms with Crippen molar-refractivity contribution in [3.05, 3.63) is 41.9 Å². The van der Waals surface area contributed by atoms with Gasteiger partial charge in [-0.15, -0.1) is 0 Å². The molecule has 5 heterocycles. The molecule has 0 bridgehead atoms. The molecule has 0 aliphatic carbocycles. The van der Waals surface area contributed by atoms with E-state index in [1.807, 2.05) is 29.3 Å². The number of anilines is 3. The van der Waals surface area contributed by atoms with Gasteiger partial charge >= 0.3 is 6.18 Å². The monoisotopic (exact) mass is 599 g/mol. The van der Waals surface area contributed by atoms with Crippen molar-refractivity contribution in [2.45, 2.75) is 59.2 Å². The van der Waals surface area contributed by atoms with Crippen molar-refractivity contribution in [2.75, 3.05) is 30.3 Å². The Morgan fingerprint density at radius 1 is 1.16 bits per heavy atom. The highest BCUT2D eigenvalue weighted by molar-refractivity contribution is 5.87. The van der Waals surface area contributed by atoms with Gasteiger partial charge in [-0.1, -0.05) is 20.8 Å². The standard InChI is InChI=1S/C29H36F3N9O2/c1-17-21(43-20-7-9-33-23(11-20)35-18(2)42)13-34-26-25(17)39(6)27(37-26)36-24-12-22(28(3,4)5)41(38-24)15-19-8-10-40(14-19)16-29(30,31)32/h7,9,11-13,19H,8,10,14-16H2,1-6H3,(H,33,35,42)(H,34,36,37,38)/t19-/m0/s1. The molecule has 230 valence electrons. The molecule has 1 aliphatic rings. The van der Waals surface area contributed by atoms with Crippen LogP contribution in [-0.4, -0.2) is 65.9 Å². The molecule has 5 rings (SSSR count). The molecule has 1 aliphatic heterocycles.